The Morgan fingerprint density at radius 2 is 1.76 bits per heavy atom. The number of aromatic carboxylic acids is 1. The molecule has 0 atom stereocenters. The predicted molar refractivity (Wildman–Crippen MR) is 119 cm³/mol. The second-order valence-corrected chi connectivity index (χ2v) is 7.19. The fourth-order valence-electron chi connectivity index (χ4n) is 3.57. The number of benzene rings is 2. The Labute approximate surface area is 187 Å². The molecule has 0 fully saturated rings. The molecule has 0 saturated carbocycles. The smallest absolute Gasteiger partial charge is 0.335 e. The molecule has 0 unspecified atom stereocenters. The number of anilines is 1. The molecule has 2 aromatic heterocycles. The Kier molecular flexibility index (Phi) is 5.78. The first-order chi connectivity index (χ1) is 15.8. The maximum absolute atomic E-state index is 14.2. The standard InChI is InChI=1S/C24H19F2N3O4/c1-3-28-21-17(13-8-14(24(31)32)10-16(26)9-13)11-18-19(22(30)27-2)20(33-23(18)29-21)12-4-6-15(25)7-5-12/h4-11H,3H2,1-2H3,(H,27,30)(H,28,29)(H,31,32). The fourth-order valence-corrected chi connectivity index (χ4v) is 3.57. The van der Waals surface area contributed by atoms with Crippen LogP contribution in [0.4, 0.5) is 14.6 Å². The number of carbonyl (C=O) groups excluding carboxylic acids is 1. The summed E-state index contributed by atoms with van der Waals surface area (Å²) >= 11 is 0. The average Bonchev–Trinajstić information content (AvgIpc) is 3.16. The first-order valence-corrected chi connectivity index (χ1v) is 10.1. The highest BCUT2D eigenvalue weighted by Gasteiger charge is 2.25. The van der Waals surface area contributed by atoms with E-state index in [1.165, 1.54) is 43.4 Å². The van der Waals surface area contributed by atoms with Gasteiger partial charge in [-0.3, -0.25) is 4.79 Å². The highest BCUT2D eigenvalue weighted by molar-refractivity contribution is 6.11. The van der Waals surface area contributed by atoms with Gasteiger partial charge in [0.25, 0.3) is 5.91 Å². The number of carboxylic acids is 1. The molecule has 0 aliphatic rings. The molecule has 0 aliphatic carbocycles. The maximum Gasteiger partial charge on any atom is 0.335 e. The van der Waals surface area contributed by atoms with Crippen molar-refractivity contribution in [1.82, 2.24) is 10.3 Å². The van der Waals surface area contributed by atoms with E-state index in [9.17, 15) is 23.5 Å². The minimum absolute atomic E-state index is 0.141. The van der Waals surface area contributed by atoms with Crippen molar-refractivity contribution in [2.24, 2.45) is 0 Å². The van der Waals surface area contributed by atoms with Crippen molar-refractivity contribution in [2.45, 2.75) is 6.92 Å². The fraction of sp³-hybridized carbons (Fsp3) is 0.125. The van der Waals surface area contributed by atoms with E-state index in [0.717, 1.165) is 6.07 Å². The quantitative estimate of drug-likeness (QED) is 0.384. The van der Waals surface area contributed by atoms with Crippen molar-refractivity contribution < 1.29 is 27.9 Å². The van der Waals surface area contributed by atoms with Crippen LogP contribution in [0.5, 0.6) is 0 Å². The Hall–Kier alpha value is -4.27. The normalized spacial score (nSPS) is 10.9. The molecule has 0 spiro atoms. The van der Waals surface area contributed by atoms with E-state index in [-0.39, 0.29) is 28.2 Å². The molecular weight excluding hydrogens is 432 g/mol. The lowest BCUT2D eigenvalue weighted by Crippen LogP contribution is -2.18. The van der Waals surface area contributed by atoms with E-state index in [4.69, 9.17) is 4.42 Å². The number of carbonyl (C=O) groups is 2. The van der Waals surface area contributed by atoms with Gasteiger partial charge < -0.3 is 20.2 Å². The van der Waals surface area contributed by atoms with Crippen molar-refractivity contribution in [2.75, 3.05) is 18.9 Å². The topological polar surface area (TPSA) is 104 Å². The highest BCUT2D eigenvalue weighted by Crippen LogP contribution is 2.38. The molecule has 0 radical (unpaired) electrons. The number of halogens is 2. The second kappa shape index (κ2) is 8.70. The molecule has 4 rings (SSSR count). The van der Waals surface area contributed by atoms with Crippen molar-refractivity contribution in [3.63, 3.8) is 0 Å². The molecule has 33 heavy (non-hydrogen) atoms. The number of rotatable bonds is 6. The van der Waals surface area contributed by atoms with Gasteiger partial charge in [0.15, 0.2) is 0 Å². The van der Waals surface area contributed by atoms with Crippen LogP contribution < -0.4 is 10.6 Å². The first kappa shape index (κ1) is 21.9. The number of aromatic nitrogens is 1. The zero-order valence-corrected chi connectivity index (χ0v) is 17.7. The third kappa shape index (κ3) is 4.12. The summed E-state index contributed by atoms with van der Waals surface area (Å²) in [6.07, 6.45) is 0. The predicted octanol–water partition coefficient (Wildman–Crippen LogP) is 4.93. The average molecular weight is 451 g/mol. The summed E-state index contributed by atoms with van der Waals surface area (Å²) in [5.41, 5.74) is 1.22. The van der Waals surface area contributed by atoms with Crippen molar-refractivity contribution in [1.29, 1.82) is 0 Å². The molecule has 0 aliphatic heterocycles. The summed E-state index contributed by atoms with van der Waals surface area (Å²) < 4.78 is 33.5. The molecule has 2 aromatic carbocycles. The van der Waals surface area contributed by atoms with Crippen LogP contribution in [0.1, 0.15) is 27.6 Å². The summed E-state index contributed by atoms with van der Waals surface area (Å²) in [5.74, 6) is -2.37. The van der Waals surface area contributed by atoms with Gasteiger partial charge in [-0.25, -0.2) is 13.6 Å². The minimum Gasteiger partial charge on any atom is -0.478 e. The van der Waals surface area contributed by atoms with Gasteiger partial charge in [-0.05, 0) is 61.0 Å². The number of nitrogens with one attached hydrogen (secondary N) is 2. The number of hydrogen-bond donors (Lipinski definition) is 3. The number of hydrogen-bond acceptors (Lipinski definition) is 5. The molecule has 4 aromatic rings. The third-order valence-corrected chi connectivity index (χ3v) is 5.04. The Morgan fingerprint density at radius 1 is 1.03 bits per heavy atom. The van der Waals surface area contributed by atoms with Crippen LogP contribution in [0.15, 0.2) is 52.9 Å². The second-order valence-electron chi connectivity index (χ2n) is 7.19. The molecular formula is C24H19F2N3O4. The monoisotopic (exact) mass is 451 g/mol. The zero-order chi connectivity index (χ0) is 23.7. The third-order valence-electron chi connectivity index (χ3n) is 5.04. The number of fused-ring (bicyclic) bond motifs is 1. The molecule has 168 valence electrons. The summed E-state index contributed by atoms with van der Waals surface area (Å²) in [5, 5.41) is 15.3. The van der Waals surface area contributed by atoms with E-state index < -0.39 is 23.5 Å². The van der Waals surface area contributed by atoms with Crippen LogP contribution >= 0.6 is 0 Å². The van der Waals surface area contributed by atoms with E-state index >= 15 is 0 Å². The Morgan fingerprint density at radius 3 is 2.39 bits per heavy atom. The van der Waals surface area contributed by atoms with Gasteiger partial charge in [-0.1, -0.05) is 0 Å². The van der Waals surface area contributed by atoms with Crippen LogP contribution in [-0.2, 0) is 0 Å². The Bertz CT molecular complexity index is 1380. The van der Waals surface area contributed by atoms with Gasteiger partial charge in [0.05, 0.1) is 16.5 Å². The maximum atomic E-state index is 14.2. The molecule has 0 saturated heterocycles. The van der Waals surface area contributed by atoms with Crippen molar-refractivity contribution in [3.05, 3.63) is 71.3 Å². The van der Waals surface area contributed by atoms with Crippen molar-refractivity contribution in [3.8, 4) is 22.5 Å². The van der Waals surface area contributed by atoms with Gasteiger partial charge in [0.2, 0.25) is 5.71 Å². The van der Waals surface area contributed by atoms with Crippen LogP contribution in [0.2, 0.25) is 0 Å². The molecule has 9 heteroatoms. The summed E-state index contributed by atoms with van der Waals surface area (Å²) in [6.45, 7) is 2.31. The van der Waals surface area contributed by atoms with E-state index in [0.29, 0.717) is 28.9 Å². The molecule has 2 heterocycles. The molecule has 7 nitrogen and oxygen atoms in total. The number of furan rings is 1. The first-order valence-electron chi connectivity index (χ1n) is 10.1. The lowest BCUT2D eigenvalue weighted by molar-refractivity contribution is 0.0696. The number of pyridine rings is 1. The minimum atomic E-state index is -1.28. The summed E-state index contributed by atoms with van der Waals surface area (Å²) in [6, 6.07) is 10.5. The molecule has 1 amide bonds. The largest absolute Gasteiger partial charge is 0.478 e. The summed E-state index contributed by atoms with van der Waals surface area (Å²) in [7, 11) is 1.46. The van der Waals surface area contributed by atoms with Gasteiger partial charge in [0, 0.05) is 24.7 Å². The van der Waals surface area contributed by atoms with Gasteiger partial charge in [-0.15, -0.1) is 0 Å². The lowest BCUT2D eigenvalue weighted by atomic mass is 10.00. The van der Waals surface area contributed by atoms with Crippen molar-refractivity contribution >= 4 is 28.8 Å². The highest BCUT2D eigenvalue weighted by atomic mass is 19.1. The van der Waals surface area contributed by atoms with Crippen LogP contribution in [-0.4, -0.2) is 35.6 Å². The van der Waals surface area contributed by atoms with Gasteiger partial charge >= 0.3 is 5.97 Å². The number of carboxylic acid groups (broad SMARTS) is 1. The van der Waals surface area contributed by atoms with E-state index in [1.54, 1.807) is 6.07 Å². The van der Waals surface area contributed by atoms with Gasteiger partial charge in [0.1, 0.15) is 23.2 Å². The van der Waals surface area contributed by atoms with Crippen LogP contribution in [0.25, 0.3) is 33.6 Å². The summed E-state index contributed by atoms with van der Waals surface area (Å²) in [4.78, 5) is 28.7. The SMILES string of the molecule is CCNc1nc2oc(-c3ccc(F)cc3)c(C(=O)NC)c2cc1-c1cc(F)cc(C(=O)O)c1. The lowest BCUT2D eigenvalue weighted by Gasteiger charge is -2.11. The van der Waals surface area contributed by atoms with E-state index in [2.05, 4.69) is 15.6 Å². The Balaban J connectivity index is 2.03. The molecule has 3 N–H and O–H groups in total. The zero-order valence-electron chi connectivity index (χ0n) is 17.7. The molecule has 0 bridgehead atoms. The van der Waals surface area contributed by atoms with Gasteiger partial charge in [-0.2, -0.15) is 4.98 Å². The number of nitrogens with zero attached hydrogens (tertiary/aromatic N) is 1. The van der Waals surface area contributed by atoms with Crippen LogP contribution in [0.3, 0.4) is 0 Å². The van der Waals surface area contributed by atoms with Crippen LogP contribution in [0, 0.1) is 11.6 Å². The number of amides is 1. The van der Waals surface area contributed by atoms with E-state index in [1.807, 2.05) is 6.92 Å².